The fraction of sp³-hybridized carbons (Fsp3) is 0.286. The lowest BCUT2D eigenvalue weighted by Crippen LogP contribution is -2.37. The molecule has 0 saturated heterocycles. The minimum absolute atomic E-state index is 0.189. The molecule has 6 nitrogen and oxygen atoms in total. The molecule has 0 fully saturated rings. The molecule has 0 atom stereocenters. The van der Waals surface area contributed by atoms with E-state index in [9.17, 15) is 0 Å². The second-order valence-electron chi connectivity index (χ2n) is 2.77. The number of nitrogens with zero attached hydrogens (tertiary/aromatic N) is 4. The van der Waals surface area contributed by atoms with Crippen molar-refractivity contribution < 1.29 is 9.67 Å². The molecule has 3 N–H and O–H groups in total. The van der Waals surface area contributed by atoms with Crippen molar-refractivity contribution >= 4 is 17.0 Å². The van der Waals surface area contributed by atoms with E-state index < -0.39 is 0 Å². The Morgan fingerprint density at radius 1 is 1.62 bits per heavy atom. The van der Waals surface area contributed by atoms with Crippen LogP contribution in [0.4, 0.5) is 5.82 Å². The molecule has 2 aromatic heterocycles. The highest BCUT2D eigenvalue weighted by molar-refractivity contribution is 5.79. The predicted octanol–water partition coefficient (Wildman–Crippen LogP) is -1.21. The third kappa shape index (κ3) is 1.03. The predicted molar refractivity (Wildman–Crippen MR) is 45.3 cm³/mol. The van der Waals surface area contributed by atoms with E-state index in [0.29, 0.717) is 17.0 Å². The van der Waals surface area contributed by atoms with Crippen LogP contribution in [-0.4, -0.2) is 19.6 Å². The summed E-state index contributed by atoms with van der Waals surface area (Å²) < 4.78 is 3.20. The average molecular weight is 180 g/mol. The van der Waals surface area contributed by atoms with Crippen molar-refractivity contribution in [3.05, 3.63) is 12.7 Å². The highest BCUT2D eigenvalue weighted by atomic mass is 16.3. The Morgan fingerprint density at radius 2 is 2.38 bits per heavy atom. The van der Waals surface area contributed by atoms with Gasteiger partial charge in [0.2, 0.25) is 12.0 Å². The molecule has 0 aromatic carbocycles. The summed E-state index contributed by atoms with van der Waals surface area (Å²) in [6, 6.07) is 0. The molecule has 0 bridgehead atoms. The van der Waals surface area contributed by atoms with Crippen molar-refractivity contribution in [2.45, 2.75) is 6.73 Å². The maximum absolute atomic E-state index is 8.89. The normalized spacial score (nSPS) is 10.9. The SMILES string of the molecule is Cn1cnc2c(N)[n+](CO)cnc21. The molecule has 0 saturated carbocycles. The Morgan fingerprint density at radius 3 is 3.08 bits per heavy atom. The molecule has 0 aliphatic rings. The van der Waals surface area contributed by atoms with Crippen LogP contribution < -0.4 is 10.3 Å². The lowest BCUT2D eigenvalue weighted by atomic mass is 10.5. The molecule has 13 heavy (non-hydrogen) atoms. The summed E-state index contributed by atoms with van der Waals surface area (Å²) in [7, 11) is 1.84. The van der Waals surface area contributed by atoms with E-state index in [2.05, 4.69) is 9.97 Å². The van der Waals surface area contributed by atoms with Gasteiger partial charge < -0.3 is 15.4 Å². The van der Waals surface area contributed by atoms with Crippen molar-refractivity contribution in [2.24, 2.45) is 7.05 Å². The van der Waals surface area contributed by atoms with Gasteiger partial charge in [-0.1, -0.05) is 4.98 Å². The van der Waals surface area contributed by atoms with E-state index in [1.165, 1.54) is 10.9 Å². The zero-order valence-corrected chi connectivity index (χ0v) is 7.18. The number of aliphatic hydroxyl groups excluding tert-OH is 1. The van der Waals surface area contributed by atoms with Gasteiger partial charge in [0, 0.05) is 7.05 Å². The summed E-state index contributed by atoms with van der Waals surface area (Å²) >= 11 is 0. The monoisotopic (exact) mass is 180 g/mol. The first-order valence-electron chi connectivity index (χ1n) is 3.80. The molecule has 0 aliphatic carbocycles. The molecule has 0 spiro atoms. The maximum Gasteiger partial charge on any atom is 0.252 e. The second kappa shape index (κ2) is 2.67. The van der Waals surface area contributed by atoms with Crippen LogP contribution in [0.3, 0.4) is 0 Å². The smallest absolute Gasteiger partial charge is 0.252 e. The molecule has 0 amide bonds. The zero-order valence-electron chi connectivity index (χ0n) is 7.18. The Kier molecular flexibility index (Phi) is 1.63. The number of hydrogen-bond donors (Lipinski definition) is 2. The van der Waals surface area contributed by atoms with Crippen LogP contribution in [0.1, 0.15) is 0 Å². The minimum Gasteiger partial charge on any atom is -0.363 e. The number of nitrogen functional groups attached to an aromatic ring is 1. The molecule has 0 unspecified atom stereocenters. The first-order valence-corrected chi connectivity index (χ1v) is 3.80. The van der Waals surface area contributed by atoms with Crippen molar-refractivity contribution in [3.63, 3.8) is 0 Å². The maximum atomic E-state index is 8.89. The summed E-state index contributed by atoms with van der Waals surface area (Å²) in [5.74, 6) is 0.424. The molecule has 6 heteroatoms. The van der Waals surface area contributed by atoms with Crippen LogP contribution in [0, 0.1) is 0 Å². The third-order valence-corrected chi connectivity index (χ3v) is 1.93. The van der Waals surface area contributed by atoms with Gasteiger partial charge in [-0.05, 0) is 0 Å². The van der Waals surface area contributed by atoms with Crippen LogP contribution in [0.2, 0.25) is 0 Å². The van der Waals surface area contributed by atoms with Crippen molar-refractivity contribution in [1.82, 2.24) is 14.5 Å². The Labute approximate surface area is 74.3 Å². The number of nitrogens with two attached hydrogens (primary N) is 1. The summed E-state index contributed by atoms with van der Waals surface area (Å²) in [5.41, 5.74) is 7.05. The Bertz CT molecular complexity index is 449. The number of anilines is 1. The number of aryl methyl sites for hydroxylation is 1. The van der Waals surface area contributed by atoms with Gasteiger partial charge in [-0.3, -0.25) is 0 Å². The zero-order chi connectivity index (χ0) is 9.42. The molecule has 0 radical (unpaired) electrons. The second-order valence-corrected chi connectivity index (χ2v) is 2.77. The number of rotatable bonds is 1. The molecule has 0 aliphatic heterocycles. The van der Waals surface area contributed by atoms with E-state index in [1.54, 1.807) is 10.9 Å². The van der Waals surface area contributed by atoms with Crippen LogP contribution in [0.15, 0.2) is 12.7 Å². The number of aromatic nitrogens is 4. The van der Waals surface area contributed by atoms with Gasteiger partial charge in [0.05, 0.1) is 6.33 Å². The van der Waals surface area contributed by atoms with E-state index in [4.69, 9.17) is 10.8 Å². The van der Waals surface area contributed by atoms with E-state index in [-0.39, 0.29) is 6.73 Å². The van der Waals surface area contributed by atoms with Crippen LogP contribution in [0.25, 0.3) is 11.2 Å². The molecular weight excluding hydrogens is 170 g/mol. The molecule has 2 rings (SSSR count). The summed E-state index contributed by atoms with van der Waals surface area (Å²) in [5, 5.41) is 8.89. The van der Waals surface area contributed by atoms with Crippen LogP contribution in [0.5, 0.6) is 0 Å². The summed E-state index contributed by atoms with van der Waals surface area (Å²) in [6.07, 6.45) is 3.12. The van der Waals surface area contributed by atoms with Gasteiger partial charge >= 0.3 is 0 Å². The highest BCUT2D eigenvalue weighted by Crippen LogP contribution is 2.11. The fourth-order valence-electron chi connectivity index (χ4n) is 1.19. The van der Waals surface area contributed by atoms with Crippen LogP contribution in [-0.2, 0) is 13.8 Å². The summed E-state index contributed by atoms with van der Waals surface area (Å²) in [6.45, 7) is -0.189. The van der Waals surface area contributed by atoms with Crippen molar-refractivity contribution in [1.29, 1.82) is 0 Å². The first kappa shape index (κ1) is 7.93. The topological polar surface area (TPSA) is 80.8 Å². The third-order valence-electron chi connectivity index (χ3n) is 1.93. The molecular formula is C7H10N5O+. The Hall–Kier alpha value is -1.69. The lowest BCUT2D eigenvalue weighted by Gasteiger charge is -1.97. The van der Waals surface area contributed by atoms with Gasteiger partial charge in [-0.25, -0.2) is 9.55 Å². The van der Waals surface area contributed by atoms with Gasteiger partial charge in [-0.15, -0.1) is 0 Å². The van der Waals surface area contributed by atoms with Crippen LogP contribution >= 0.6 is 0 Å². The Balaban J connectivity index is 2.80. The number of hydrogen-bond acceptors (Lipinski definition) is 4. The lowest BCUT2D eigenvalue weighted by molar-refractivity contribution is -0.718. The standard InChI is InChI=1S/C7H9N5O/c1-11-2-9-5-6(8)12(4-13)3-10-7(5)11/h2-3,8,13H,4H2,1H3/p+1. The molecule has 2 aromatic rings. The average Bonchev–Trinajstić information content (AvgIpc) is 2.50. The van der Waals surface area contributed by atoms with E-state index in [1.807, 2.05) is 7.05 Å². The minimum atomic E-state index is -0.189. The van der Waals surface area contributed by atoms with E-state index in [0.717, 1.165) is 0 Å². The van der Waals surface area contributed by atoms with Gasteiger partial charge in [-0.2, -0.15) is 0 Å². The number of fused-ring (bicyclic) bond motifs is 1. The molecule has 68 valence electrons. The highest BCUT2D eigenvalue weighted by Gasteiger charge is 2.13. The number of aliphatic hydroxyl groups is 1. The van der Waals surface area contributed by atoms with Crippen molar-refractivity contribution in [2.75, 3.05) is 5.73 Å². The van der Waals surface area contributed by atoms with E-state index >= 15 is 0 Å². The largest absolute Gasteiger partial charge is 0.363 e. The van der Waals surface area contributed by atoms with Gasteiger partial charge in [0.25, 0.3) is 5.82 Å². The van der Waals surface area contributed by atoms with Gasteiger partial charge in [0.1, 0.15) is 0 Å². The first-order chi connectivity index (χ1) is 6.24. The van der Waals surface area contributed by atoms with Crippen molar-refractivity contribution in [3.8, 4) is 0 Å². The quantitative estimate of drug-likeness (QED) is 0.539. The summed E-state index contributed by atoms with van der Waals surface area (Å²) in [4.78, 5) is 8.17. The number of imidazole rings is 1. The van der Waals surface area contributed by atoms with Gasteiger partial charge in [0.15, 0.2) is 12.2 Å². The molecule has 2 heterocycles. The fourth-order valence-corrected chi connectivity index (χ4v) is 1.19.